The van der Waals surface area contributed by atoms with Gasteiger partial charge in [0.2, 0.25) is 11.8 Å². The van der Waals surface area contributed by atoms with Crippen LogP contribution in [0.25, 0.3) is 10.9 Å². The van der Waals surface area contributed by atoms with E-state index in [1.54, 1.807) is 33.7 Å². The highest BCUT2D eigenvalue weighted by Gasteiger charge is 2.24. The van der Waals surface area contributed by atoms with Gasteiger partial charge in [0.15, 0.2) is 5.16 Å². The molecule has 2 heterocycles. The number of carbonyl (C=O) groups is 2. The number of anilines is 2. The van der Waals surface area contributed by atoms with Crippen molar-refractivity contribution < 1.29 is 9.59 Å². The van der Waals surface area contributed by atoms with Gasteiger partial charge >= 0.3 is 0 Å². The summed E-state index contributed by atoms with van der Waals surface area (Å²) in [5, 5.41) is 4.41. The minimum atomic E-state index is -0.236. The van der Waals surface area contributed by atoms with Crippen LogP contribution >= 0.6 is 23.4 Å². The van der Waals surface area contributed by atoms with Gasteiger partial charge in [0.25, 0.3) is 5.56 Å². The average molecular weight is 499 g/mol. The highest BCUT2D eigenvalue weighted by molar-refractivity contribution is 7.99. The van der Waals surface area contributed by atoms with Crippen molar-refractivity contribution in [1.29, 1.82) is 0 Å². The number of nitrogens with one attached hydrogen (secondary N) is 1. The van der Waals surface area contributed by atoms with Crippen LogP contribution in [0.3, 0.4) is 0 Å². The van der Waals surface area contributed by atoms with E-state index in [4.69, 9.17) is 11.6 Å². The fourth-order valence-electron chi connectivity index (χ4n) is 3.90. The van der Waals surface area contributed by atoms with Gasteiger partial charge in [-0.1, -0.05) is 49.3 Å². The van der Waals surface area contributed by atoms with E-state index in [2.05, 4.69) is 24.1 Å². The van der Waals surface area contributed by atoms with Crippen molar-refractivity contribution in [3.8, 4) is 0 Å². The Balaban J connectivity index is 1.55. The van der Waals surface area contributed by atoms with E-state index in [0.717, 1.165) is 12.8 Å². The fourth-order valence-corrected chi connectivity index (χ4v) is 4.89. The predicted molar refractivity (Wildman–Crippen MR) is 138 cm³/mol. The van der Waals surface area contributed by atoms with Crippen LogP contribution < -0.4 is 15.8 Å². The molecule has 0 unspecified atom stereocenters. The molecule has 0 aliphatic carbocycles. The Morgan fingerprint density at radius 3 is 2.74 bits per heavy atom. The van der Waals surface area contributed by atoms with Gasteiger partial charge < -0.3 is 10.2 Å². The molecule has 3 aromatic rings. The quantitative estimate of drug-likeness (QED) is 0.351. The third-order valence-electron chi connectivity index (χ3n) is 5.69. The smallest absolute Gasteiger partial charge is 0.262 e. The lowest BCUT2D eigenvalue weighted by Gasteiger charge is -2.20. The molecule has 0 atom stereocenters. The maximum absolute atomic E-state index is 13.2. The van der Waals surface area contributed by atoms with Crippen LogP contribution in [0, 0.1) is 5.92 Å². The zero-order chi connectivity index (χ0) is 24.2. The molecule has 2 amide bonds. The van der Waals surface area contributed by atoms with E-state index >= 15 is 0 Å². The molecule has 34 heavy (non-hydrogen) atoms. The first-order valence-corrected chi connectivity index (χ1v) is 12.7. The van der Waals surface area contributed by atoms with Crippen LogP contribution in [0.4, 0.5) is 11.4 Å². The third kappa shape index (κ3) is 5.45. The maximum Gasteiger partial charge on any atom is 0.262 e. The summed E-state index contributed by atoms with van der Waals surface area (Å²) in [7, 11) is 0. The highest BCUT2D eigenvalue weighted by atomic mass is 35.5. The molecule has 0 radical (unpaired) electrons. The topological polar surface area (TPSA) is 84.3 Å². The molecular formula is C25H27ClN4O3S. The maximum atomic E-state index is 13.2. The largest absolute Gasteiger partial charge is 0.324 e. The van der Waals surface area contributed by atoms with Crippen LogP contribution in [0.5, 0.6) is 0 Å². The molecule has 0 spiro atoms. The Morgan fingerprint density at radius 1 is 1.21 bits per heavy atom. The van der Waals surface area contributed by atoms with E-state index in [1.165, 1.54) is 11.8 Å². The average Bonchev–Trinajstić information content (AvgIpc) is 3.22. The van der Waals surface area contributed by atoms with Crippen LogP contribution in [0.2, 0.25) is 5.02 Å². The van der Waals surface area contributed by atoms with E-state index in [-0.39, 0.29) is 23.1 Å². The Bertz CT molecular complexity index is 1290. The predicted octanol–water partition coefficient (Wildman–Crippen LogP) is 4.95. The van der Waals surface area contributed by atoms with Crippen molar-refractivity contribution in [3.05, 3.63) is 57.8 Å². The van der Waals surface area contributed by atoms with Crippen LogP contribution in [0.15, 0.2) is 52.4 Å². The van der Waals surface area contributed by atoms with Gasteiger partial charge in [-0.2, -0.15) is 0 Å². The zero-order valence-corrected chi connectivity index (χ0v) is 20.8. The number of hydrogen-bond donors (Lipinski definition) is 1. The molecule has 1 fully saturated rings. The number of nitrogens with zero attached hydrogens (tertiary/aromatic N) is 3. The summed E-state index contributed by atoms with van der Waals surface area (Å²) < 4.78 is 1.64. The summed E-state index contributed by atoms with van der Waals surface area (Å²) in [4.78, 5) is 44.6. The number of aromatic nitrogens is 2. The first-order valence-electron chi connectivity index (χ1n) is 11.4. The summed E-state index contributed by atoms with van der Waals surface area (Å²) in [5.74, 6) is 0.311. The van der Waals surface area contributed by atoms with Gasteiger partial charge in [0.1, 0.15) is 0 Å². The second kappa shape index (κ2) is 10.6. The minimum absolute atomic E-state index is 0.0595. The van der Waals surface area contributed by atoms with Gasteiger partial charge in [0.05, 0.1) is 28.0 Å². The Morgan fingerprint density at radius 2 is 2.00 bits per heavy atom. The van der Waals surface area contributed by atoms with Crippen LogP contribution in [-0.2, 0) is 16.1 Å². The van der Waals surface area contributed by atoms with Gasteiger partial charge in [-0.25, -0.2) is 4.98 Å². The second-order valence-electron chi connectivity index (χ2n) is 8.70. The van der Waals surface area contributed by atoms with Crippen molar-refractivity contribution in [2.75, 3.05) is 22.5 Å². The Hall–Kier alpha value is -2.84. The molecule has 9 heteroatoms. The van der Waals surface area contributed by atoms with Crippen molar-refractivity contribution in [3.63, 3.8) is 0 Å². The summed E-state index contributed by atoms with van der Waals surface area (Å²) in [5.41, 5.74) is 1.68. The lowest BCUT2D eigenvalue weighted by atomic mass is 10.1. The molecule has 7 nitrogen and oxygen atoms in total. The van der Waals surface area contributed by atoms with E-state index < -0.39 is 0 Å². The molecule has 1 saturated heterocycles. The highest BCUT2D eigenvalue weighted by Crippen LogP contribution is 2.30. The Labute approximate surface area is 207 Å². The number of halogens is 1. The molecule has 4 rings (SSSR count). The molecule has 0 saturated carbocycles. The molecule has 178 valence electrons. The molecular weight excluding hydrogens is 472 g/mol. The summed E-state index contributed by atoms with van der Waals surface area (Å²) in [6.45, 7) is 5.36. The fraction of sp³-hybridized carbons (Fsp3) is 0.360. The number of para-hydroxylation sites is 2. The molecule has 2 aromatic carbocycles. The van der Waals surface area contributed by atoms with Gasteiger partial charge in [-0.3, -0.25) is 19.0 Å². The number of thioether (sulfide) groups is 1. The summed E-state index contributed by atoms with van der Waals surface area (Å²) in [6, 6.07) is 12.3. The van der Waals surface area contributed by atoms with Gasteiger partial charge in [-0.05, 0) is 49.1 Å². The first-order chi connectivity index (χ1) is 16.3. The second-order valence-corrected chi connectivity index (χ2v) is 10.1. The minimum Gasteiger partial charge on any atom is -0.324 e. The number of fused-ring (bicyclic) bond motifs is 1. The lowest BCUT2D eigenvalue weighted by Crippen LogP contribution is -2.26. The summed E-state index contributed by atoms with van der Waals surface area (Å²) in [6.07, 6.45) is 2.14. The monoisotopic (exact) mass is 498 g/mol. The van der Waals surface area contributed by atoms with Crippen molar-refractivity contribution >= 4 is 57.5 Å². The summed E-state index contributed by atoms with van der Waals surface area (Å²) >= 11 is 7.33. The van der Waals surface area contributed by atoms with E-state index in [0.29, 0.717) is 57.9 Å². The normalized spacial score (nSPS) is 13.8. The standard InChI is InChI=1S/C25H27ClN4O3S/c1-16(2)11-13-30-24(33)18-10-9-17(26)14-20(18)28-25(30)34-15-22(31)27-19-6-3-4-7-21(19)29-12-5-8-23(29)32/h3-4,6-7,9-10,14,16H,5,8,11-13,15H2,1-2H3,(H,27,31). The number of rotatable bonds is 8. The lowest BCUT2D eigenvalue weighted by molar-refractivity contribution is -0.117. The van der Waals surface area contributed by atoms with Crippen LogP contribution in [0.1, 0.15) is 33.1 Å². The molecule has 1 aliphatic heterocycles. The van der Waals surface area contributed by atoms with E-state index in [9.17, 15) is 14.4 Å². The van der Waals surface area contributed by atoms with Crippen molar-refractivity contribution in [2.24, 2.45) is 5.92 Å². The molecule has 0 bridgehead atoms. The van der Waals surface area contributed by atoms with Crippen LogP contribution in [-0.4, -0.2) is 33.7 Å². The van der Waals surface area contributed by atoms with Crippen molar-refractivity contribution in [2.45, 2.75) is 44.8 Å². The van der Waals surface area contributed by atoms with E-state index in [1.807, 2.05) is 18.2 Å². The number of carbonyl (C=O) groups excluding carboxylic acids is 2. The number of hydrogen-bond acceptors (Lipinski definition) is 5. The zero-order valence-electron chi connectivity index (χ0n) is 19.2. The number of benzene rings is 2. The first kappa shape index (κ1) is 24.3. The van der Waals surface area contributed by atoms with Crippen molar-refractivity contribution in [1.82, 2.24) is 9.55 Å². The van der Waals surface area contributed by atoms with Gasteiger partial charge in [-0.15, -0.1) is 0 Å². The SMILES string of the molecule is CC(C)CCn1c(SCC(=O)Nc2ccccc2N2CCCC2=O)nc2cc(Cl)ccc2c1=O. The Kier molecular flexibility index (Phi) is 7.58. The molecule has 1 aliphatic rings. The molecule has 1 aromatic heterocycles. The number of amides is 2. The third-order valence-corrected chi connectivity index (χ3v) is 6.90. The van der Waals surface area contributed by atoms with Gasteiger partial charge in [0, 0.05) is 24.5 Å². The molecule has 1 N–H and O–H groups in total.